The minimum Gasteiger partial charge on any atom is -0.466 e. The number of halogens is 3. The molecule has 1 amide bonds. The molecule has 10 nitrogen and oxygen atoms in total. The van der Waals surface area contributed by atoms with Crippen molar-refractivity contribution < 1.29 is 22.7 Å². The molecule has 1 aromatic carbocycles. The maximum absolute atomic E-state index is 13.1. The number of carbonyl (C=O) groups excluding carboxylic acids is 1. The molecule has 0 radical (unpaired) electrons. The number of nitrogens with zero attached hydrogens (tertiary/aromatic N) is 5. The van der Waals surface area contributed by atoms with Crippen LogP contribution < -0.4 is 20.7 Å². The number of ether oxygens (including phenoxy) is 1. The Kier molecular flexibility index (Phi) is 8.77. The number of para-hydroxylation sites is 1. The average molecular weight is 569 g/mol. The summed E-state index contributed by atoms with van der Waals surface area (Å²) in [6.07, 6.45) is -0.0555. The molecule has 0 saturated heterocycles. The number of anilines is 4. The van der Waals surface area contributed by atoms with Crippen molar-refractivity contribution in [1.82, 2.24) is 24.4 Å². The van der Waals surface area contributed by atoms with E-state index in [0.717, 1.165) is 22.5 Å². The third kappa shape index (κ3) is 7.31. The van der Waals surface area contributed by atoms with Gasteiger partial charge in [-0.15, -0.1) is 0 Å². The molecule has 13 heteroatoms. The molecule has 3 N–H and O–H groups in total. The number of hydrogen-bond donors (Lipinski definition) is 3. The number of carbonyl (C=O) groups is 1. The van der Waals surface area contributed by atoms with Gasteiger partial charge in [-0.1, -0.05) is 24.8 Å². The normalized spacial score (nSPS) is 12.3. The highest BCUT2D eigenvalue weighted by molar-refractivity contribution is 6.01. The van der Waals surface area contributed by atoms with E-state index >= 15 is 0 Å². The first-order valence-corrected chi connectivity index (χ1v) is 12.7. The van der Waals surface area contributed by atoms with E-state index in [-0.39, 0.29) is 35.1 Å². The Morgan fingerprint density at radius 1 is 1.20 bits per heavy atom. The predicted molar refractivity (Wildman–Crippen MR) is 153 cm³/mol. The predicted octanol–water partition coefficient (Wildman–Crippen LogP) is 5.20. The zero-order valence-electron chi connectivity index (χ0n) is 23.1. The molecule has 1 unspecified atom stereocenters. The Morgan fingerprint density at radius 3 is 2.66 bits per heavy atom. The van der Waals surface area contributed by atoms with Crippen LogP contribution in [0, 0.1) is 0 Å². The summed E-state index contributed by atoms with van der Waals surface area (Å²) in [6, 6.07) is 11.0. The number of pyridine rings is 1. The van der Waals surface area contributed by atoms with Gasteiger partial charge in [-0.25, -0.2) is 9.97 Å². The summed E-state index contributed by atoms with van der Waals surface area (Å²) in [5.74, 6) is -0.656. The van der Waals surface area contributed by atoms with Gasteiger partial charge >= 0.3 is 6.18 Å². The summed E-state index contributed by atoms with van der Waals surface area (Å²) < 4.78 is 46.4. The fourth-order valence-corrected chi connectivity index (χ4v) is 3.92. The second kappa shape index (κ2) is 12.3. The molecule has 0 fully saturated rings. The van der Waals surface area contributed by atoms with Crippen molar-refractivity contribution >= 4 is 40.0 Å². The summed E-state index contributed by atoms with van der Waals surface area (Å²) in [4.78, 5) is 27.3. The lowest BCUT2D eigenvalue weighted by atomic mass is 10.1. The fraction of sp³-hybridized carbons (Fsp3) is 0.286. The summed E-state index contributed by atoms with van der Waals surface area (Å²) in [5.41, 5.74) is 2.69. The van der Waals surface area contributed by atoms with Gasteiger partial charge < -0.3 is 30.2 Å². The summed E-state index contributed by atoms with van der Waals surface area (Å²) in [5, 5.41) is 9.62. The highest BCUT2D eigenvalue weighted by Gasteiger charge is 2.30. The zero-order chi connectivity index (χ0) is 29.7. The first-order valence-electron chi connectivity index (χ1n) is 12.7. The third-order valence-electron chi connectivity index (χ3n) is 6.32. The van der Waals surface area contributed by atoms with E-state index in [2.05, 4.69) is 37.5 Å². The van der Waals surface area contributed by atoms with Crippen LogP contribution in [0.3, 0.4) is 0 Å². The quantitative estimate of drug-likeness (QED) is 0.212. The zero-order valence-corrected chi connectivity index (χ0v) is 23.1. The molecule has 0 spiro atoms. The Bertz CT molecular complexity index is 1550. The molecule has 1 atom stereocenters. The van der Waals surface area contributed by atoms with Crippen LogP contribution in [-0.2, 0) is 11.8 Å². The lowest BCUT2D eigenvalue weighted by Crippen LogP contribution is -2.32. The van der Waals surface area contributed by atoms with Gasteiger partial charge in [0.2, 0.25) is 17.7 Å². The molecule has 0 aliphatic heterocycles. The molecule has 3 heterocycles. The molecule has 0 bridgehead atoms. The first kappa shape index (κ1) is 29.3. The standard InChI is InChI=1S/C28H31F3N8O2/c1-6-24(40)34-21-13-22(26(41-16-28(29,30)31)37-25(21)33-14-17(2)38(3)4)36-27-32-12-11-20(35-27)19-15-39(5)23-10-8-7-9-18(19)23/h6-13,15,17H,1,14,16H2,2-5H3,(H,33,37)(H,34,40)(H,32,35,36). The Labute approximate surface area is 235 Å². The number of hydrogen-bond acceptors (Lipinski definition) is 8. The fourth-order valence-electron chi connectivity index (χ4n) is 3.92. The second-order valence-corrected chi connectivity index (χ2v) is 9.59. The summed E-state index contributed by atoms with van der Waals surface area (Å²) in [7, 11) is 5.70. The van der Waals surface area contributed by atoms with Gasteiger partial charge in [0.25, 0.3) is 0 Å². The van der Waals surface area contributed by atoms with E-state index in [1.165, 1.54) is 12.3 Å². The third-order valence-corrected chi connectivity index (χ3v) is 6.32. The van der Waals surface area contributed by atoms with Crippen LogP contribution in [0.25, 0.3) is 22.2 Å². The molecule has 4 aromatic rings. The SMILES string of the molecule is C=CC(=O)Nc1cc(Nc2nccc(-c3cn(C)c4ccccc34)n2)c(OCC(F)(F)F)nc1NCC(C)N(C)C. The number of alkyl halides is 3. The maximum Gasteiger partial charge on any atom is 0.422 e. The first-order chi connectivity index (χ1) is 19.4. The highest BCUT2D eigenvalue weighted by Crippen LogP contribution is 2.35. The Balaban J connectivity index is 1.74. The number of likely N-dealkylation sites (N-methyl/N-ethyl adjacent to an activating group) is 1. The number of benzene rings is 1. The van der Waals surface area contributed by atoms with Gasteiger partial charge in [0.1, 0.15) is 5.69 Å². The van der Waals surface area contributed by atoms with Crippen molar-refractivity contribution in [1.29, 1.82) is 0 Å². The lowest BCUT2D eigenvalue weighted by molar-refractivity contribution is -0.153. The van der Waals surface area contributed by atoms with Gasteiger partial charge in [0.15, 0.2) is 12.4 Å². The van der Waals surface area contributed by atoms with Gasteiger partial charge in [-0.2, -0.15) is 18.2 Å². The van der Waals surface area contributed by atoms with Crippen LogP contribution in [0.2, 0.25) is 0 Å². The minimum absolute atomic E-state index is 0.0230. The van der Waals surface area contributed by atoms with Crippen molar-refractivity contribution in [3.05, 3.63) is 61.4 Å². The van der Waals surface area contributed by atoms with Crippen LogP contribution in [0.4, 0.5) is 36.3 Å². The number of aryl methyl sites for hydroxylation is 1. The van der Waals surface area contributed by atoms with E-state index in [4.69, 9.17) is 4.74 Å². The van der Waals surface area contributed by atoms with Crippen LogP contribution in [0.15, 0.2) is 61.4 Å². The van der Waals surface area contributed by atoms with Crippen LogP contribution in [-0.4, -0.2) is 69.8 Å². The van der Waals surface area contributed by atoms with E-state index in [9.17, 15) is 18.0 Å². The van der Waals surface area contributed by atoms with E-state index in [1.54, 1.807) is 6.07 Å². The smallest absolute Gasteiger partial charge is 0.422 e. The molecule has 3 aromatic heterocycles. The lowest BCUT2D eigenvalue weighted by Gasteiger charge is -2.22. The number of amides is 1. The van der Waals surface area contributed by atoms with Crippen molar-refractivity contribution in [2.24, 2.45) is 7.05 Å². The van der Waals surface area contributed by atoms with Gasteiger partial charge in [-0.3, -0.25) is 4.79 Å². The van der Waals surface area contributed by atoms with Crippen LogP contribution in [0.5, 0.6) is 5.88 Å². The molecule has 0 aliphatic carbocycles. The van der Waals surface area contributed by atoms with E-state index in [0.29, 0.717) is 12.2 Å². The van der Waals surface area contributed by atoms with E-state index < -0.39 is 18.7 Å². The molecule has 0 aliphatic rings. The van der Waals surface area contributed by atoms with Crippen molar-refractivity contribution in [2.75, 3.05) is 43.2 Å². The van der Waals surface area contributed by atoms with Crippen LogP contribution in [0.1, 0.15) is 6.92 Å². The average Bonchev–Trinajstić information content (AvgIpc) is 3.27. The minimum atomic E-state index is -4.60. The number of aromatic nitrogens is 4. The number of fused-ring (bicyclic) bond motifs is 1. The largest absolute Gasteiger partial charge is 0.466 e. The molecule has 41 heavy (non-hydrogen) atoms. The monoisotopic (exact) mass is 568 g/mol. The summed E-state index contributed by atoms with van der Waals surface area (Å²) >= 11 is 0. The maximum atomic E-state index is 13.1. The van der Waals surface area contributed by atoms with Crippen molar-refractivity contribution in [3.8, 4) is 17.1 Å². The highest BCUT2D eigenvalue weighted by atomic mass is 19.4. The number of nitrogens with one attached hydrogen (secondary N) is 3. The molecule has 0 saturated carbocycles. The van der Waals surface area contributed by atoms with Gasteiger partial charge in [0, 0.05) is 48.5 Å². The second-order valence-electron chi connectivity index (χ2n) is 9.59. The van der Waals surface area contributed by atoms with Crippen LogP contribution >= 0.6 is 0 Å². The summed E-state index contributed by atoms with van der Waals surface area (Å²) in [6.45, 7) is 4.23. The molecule has 216 valence electrons. The number of rotatable bonds is 11. The van der Waals surface area contributed by atoms with Gasteiger partial charge in [0.05, 0.1) is 11.4 Å². The van der Waals surface area contributed by atoms with Gasteiger partial charge in [-0.05, 0) is 45.3 Å². The Hall–Kier alpha value is -4.65. The topological polar surface area (TPSA) is 109 Å². The molecule has 4 rings (SSSR count). The van der Waals surface area contributed by atoms with E-state index in [1.807, 2.05) is 68.0 Å². The van der Waals surface area contributed by atoms with Crippen molar-refractivity contribution in [2.45, 2.75) is 19.1 Å². The van der Waals surface area contributed by atoms with Crippen molar-refractivity contribution in [3.63, 3.8) is 0 Å². The Morgan fingerprint density at radius 2 is 1.95 bits per heavy atom. The molecular weight excluding hydrogens is 537 g/mol. The molecular formula is C28H31F3N8O2.